The van der Waals surface area contributed by atoms with Crippen LogP contribution in [0.3, 0.4) is 0 Å². The predicted molar refractivity (Wildman–Crippen MR) is 156 cm³/mol. The number of benzene rings is 1. The summed E-state index contributed by atoms with van der Waals surface area (Å²) in [5.41, 5.74) is 8.79. The van der Waals surface area contributed by atoms with Gasteiger partial charge < -0.3 is 31.3 Å². The highest BCUT2D eigenvalue weighted by Gasteiger charge is 2.27. The van der Waals surface area contributed by atoms with Crippen molar-refractivity contribution in [3.8, 4) is 0 Å². The molecule has 0 radical (unpaired) electrons. The summed E-state index contributed by atoms with van der Waals surface area (Å²) in [6, 6.07) is 7.01. The number of nitrogens with two attached hydrogens (primary N) is 1. The van der Waals surface area contributed by atoms with Crippen molar-refractivity contribution >= 4 is 40.5 Å². The molecule has 3 fully saturated rings. The molecule has 1 aromatic heterocycles. The number of rotatable bonds is 7. The first-order chi connectivity index (χ1) is 18.8. The first kappa shape index (κ1) is 27.9. The molecule has 212 valence electrons. The number of amides is 1. The standard InChI is InChI=1S/C28H41ClN8O2/c1-18-17-20(5-8-23(18)37-11-9-21(10-12-37)36-15-13-35(2)14-16-36)32-27-24(26(30)39)33-25(29)28(34-27)31-19-3-6-22(38)7-4-19/h5,8,17,19,21-22,38H,3-4,6-7,9-16H2,1-2H3,(H2,30,39)(H2,31,32,34). The fourth-order valence-corrected chi connectivity index (χ4v) is 6.24. The molecule has 0 spiro atoms. The van der Waals surface area contributed by atoms with Crippen LogP contribution in [0, 0.1) is 6.92 Å². The quantitative estimate of drug-likeness (QED) is 0.407. The Morgan fingerprint density at radius 2 is 1.69 bits per heavy atom. The number of piperazine rings is 1. The Bertz CT molecular complexity index is 1160. The van der Waals surface area contributed by atoms with Crippen LogP contribution >= 0.6 is 11.6 Å². The van der Waals surface area contributed by atoms with Crippen molar-refractivity contribution < 1.29 is 9.90 Å². The van der Waals surface area contributed by atoms with Crippen molar-refractivity contribution in [2.45, 2.75) is 63.6 Å². The number of likely N-dealkylation sites (N-methyl/N-ethyl adjacent to an activating group) is 1. The number of nitrogens with zero attached hydrogens (tertiary/aromatic N) is 5. The van der Waals surface area contributed by atoms with Gasteiger partial charge in [-0.15, -0.1) is 0 Å². The number of nitrogens with one attached hydrogen (secondary N) is 2. The second-order valence-corrected chi connectivity index (χ2v) is 11.6. The van der Waals surface area contributed by atoms with Crippen LogP contribution in [-0.2, 0) is 0 Å². The number of halogens is 1. The minimum Gasteiger partial charge on any atom is -0.393 e. The SMILES string of the molecule is Cc1cc(Nc2nc(NC3CCC(O)CC3)c(Cl)nc2C(N)=O)ccc1N1CCC(N2CCN(C)CC2)CC1. The average molecular weight is 557 g/mol. The van der Waals surface area contributed by atoms with E-state index < -0.39 is 5.91 Å². The number of hydrogen-bond acceptors (Lipinski definition) is 9. The zero-order valence-electron chi connectivity index (χ0n) is 23.0. The number of carbonyl (C=O) groups is 1. The van der Waals surface area contributed by atoms with E-state index in [9.17, 15) is 9.90 Å². The predicted octanol–water partition coefficient (Wildman–Crippen LogP) is 3.21. The lowest BCUT2D eigenvalue weighted by Gasteiger charge is -2.43. The molecular formula is C28H41ClN8O2. The fourth-order valence-electron chi connectivity index (χ4n) is 6.06. The Balaban J connectivity index is 1.26. The summed E-state index contributed by atoms with van der Waals surface area (Å²) in [6.07, 6.45) is 5.19. The Morgan fingerprint density at radius 3 is 2.33 bits per heavy atom. The van der Waals surface area contributed by atoms with Gasteiger partial charge in [0.15, 0.2) is 22.5 Å². The number of hydrogen-bond donors (Lipinski definition) is 4. The van der Waals surface area contributed by atoms with E-state index in [2.05, 4.69) is 61.4 Å². The van der Waals surface area contributed by atoms with E-state index >= 15 is 0 Å². The van der Waals surface area contributed by atoms with Crippen LogP contribution in [0.4, 0.5) is 23.0 Å². The Labute approximate surface area is 235 Å². The minimum atomic E-state index is -0.698. The maximum atomic E-state index is 12.1. The zero-order chi connectivity index (χ0) is 27.5. The van der Waals surface area contributed by atoms with Crippen molar-refractivity contribution in [2.75, 3.05) is 61.8 Å². The number of aromatic nitrogens is 2. The Morgan fingerprint density at radius 1 is 1.00 bits per heavy atom. The van der Waals surface area contributed by atoms with E-state index in [1.54, 1.807) is 0 Å². The molecule has 3 aliphatic rings. The number of aryl methyl sites for hydroxylation is 1. The monoisotopic (exact) mass is 556 g/mol. The molecule has 10 nitrogen and oxygen atoms in total. The molecule has 0 bridgehead atoms. The first-order valence-corrected chi connectivity index (χ1v) is 14.5. The average Bonchev–Trinajstić information content (AvgIpc) is 2.92. The number of anilines is 4. The molecule has 3 heterocycles. The van der Waals surface area contributed by atoms with Gasteiger partial charge in [0.05, 0.1) is 6.10 Å². The third-order valence-electron chi connectivity index (χ3n) is 8.44. The molecule has 2 aromatic rings. The summed E-state index contributed by atoms with van der Waals surface area (Å²) in [5.74, 6) is -0.0247. The van der Waals surface area contributed by atoms with Crippen LogP contribution in [0.1, 0.15) is 54.6 Å². The highest BCUT2D eigenvalue weighted by Crippen LogP contribution is 2.31. The van der Waals surface area contributed by atoms with Gasteiger partial charge in [-0.2, -0.15) is 0 Å². The van der Waals surface area contributed by atoms with Gasteiger partial charge in [0.25, 0.3) is 5.91 Å². The summed E-state index contributed by atoms with van der Waals surface area (Å²) < 4.78 is 0. The lowest BCUT2D eigenvalue weighted by molar-refractivity contribution is 0.0982. The maximum absolute atomic E-state index is 12.1. The lowest BCUT2D eigenvalue weighted by atomic mass is 9.93. The van der Waals surface area contributed by atoms with E-state index in [1.165, 1.54) is 31.6 Å². The van der Waals surface area contributed by atoms with Gasteiger partial charge in [-0.3, -0.25) is 9.69 Å². The van der Waals surface area contributed by atoms with Crippen LogP contribution in [0.2, 0.25) is 5.15 Å². The van der Waals surface area contributed by atoms with Crippen LogP contribution in [0.25, 0.3) is 0 Å². The van der Waals surface area contributed by atoms with E-state index in [4.69, 9.17) is 17.3 Å². The van der Waals surface area contributed by atoms with E-state index in [1.807, 2.05) is 6.07 Å². The molecule has 1 saturated carbocycles. The van der Waals surface area contributed by atoms with Crippen molar-refractivity contribution in [3.05, 3.63) is 34.6 Å². The summed E-state index contributed by atoms with van der Waals surface area (Å²) in [6.45, 7) is 8.86. The third kappa shape index (κ3) is 6.74. The highest BCUT2D eigenvalue weighted by molar-refractivity contribution is 6.32. The van der Waals surface area contributed by atoms with Crippen molar-refractivity contribution in [1.82, 2.24) is 19.8 Å². The molecule has 2 aliphatic heterocycles. The van der Waals surface area contributed by atoms with Crippen molar-refractivity contribution in [1.29, 1.82) is 0 Å². The second kappa shape index (κ2) is 12.2. The highest BCUT2D eigenvalue weighted by atomic mass is 35.5. The van der Waals surface area contributed by atoms with E-state index in [-0.39, 0.29) is 28.8 Å². The van der Waals surface area contributed by atoms with Crippen LogP contribution in [-0.4, -0.2) is 95.3 Å². The Kier molecular flexibility index (Phi) is 8.76. The number of carbonyl (C=O) groups excluding carboxylic acids is 1. The van der Waals surface area contributed by atoms with Gasteiger partial charge in [0.1, 0.15) is 0 Å². The molecule has 5 rings (SSSR count). The van der Waals surface area contributed by atoms with Gasteiger partial charge >= 0.3 is 0 Å². The second-order valence-electron chi connectivity index (χ2n) is 11.3. The minimum absolute atomic E-state index is 0.00248. The summed E-state index contributed by atoms with van der Waals surface area (Å²) in [7, 11) is 2.20. The van der Waals surface area contributed by atoms with Crippen LogP contribution < -0.4 is 21.3 Å². The van der Waals surface area contributed by atoms with Crippen molar-refractivity contribution in [3.63, 3.8) is 0 Å². The largest absolute Gasteiger partial charge is 0.393 e. The molecule has 1 amide bonds. The number of aliphatic hydroxyl groups excluding tert-OH is 1. The van der Waals surface area contributed by atoms with Crippen molar-refractivity contribution in [2.24, 2.45) is 5.73 Å². The van der Waals surface area contributed by atoms with Gasteiger partial charge in [0, 0.05) is 62.7 Å². The lowest BCUT2D eigenvalue weighted by Crippen LogP contribution is -2.52. The Hall–Kier alpha value is -2.66. The molecule has 0 unspecified atom stereocenters. The summed E-state index contributed by atoms with van der Waals surface area (Å²) in [5, 5.41) is 16.5. The zero-order valence-corrected chi connectivity index (χ0v) is 23.8. The molecule has 0 atom stereocenters. The van der Waals surface area contributed by atoms with Crippen LogP contribution in [0.5, 0.6) is 0 Å². The summed E-state index contributed by atoms with van der Waals surface area (Å²) in [4.78, 5) is 28.6. The molecule has 5 N–H and O–H groups in total. The topological polar surface area (TPSA) is 123 Å². The van der Waals surface area contributed by atoms with Gasteiger partial charge in [0.2, 0.25) is 0 Å². The first-order valence-electron chi connectivity index (χ1n) is 14.1. The molecule has 1 aliphatic carbocycles. The van der Waals surface area contributed by atoms with Gasteiger partial charge in [-0.05, 0) is 76.3 Å². The summed E-state index contributed by atoms with van der Waals surface area (Å²) >= 11 is 6.36. The molecule has 1 aromatic carbocycles. The third-order valence-corrected chi connectivity index (χ3v) is 8.71. The molecule has 2 saturated heterocycles. The van der Waals surface area contributed by atoms with E-state index in [0.29, 0.717) is 11.9 Å². The smallest absolute Gasteiger partial charge is 0.271 e. The fraction of sp³-hybridized carbons (Fsp3) is 0.607. The van der Waals surface area contributed by atoms with Crippen LogP contribution in [0.15, 0.2) is 18.2 Å². The van der Waals surface area contributed by atoms with Gasteiger partial charge in [-0.25, -0.2) is 9.97 Å². The number of primary amides is 1. The maximum Gasteiger partial charge on any atom is 0.271 e. The number of aliphatic hydroxyl groups is 1. The number of piperidine rings is 1. The molecule has 11 heteroatoms. The molecule has 39 heavy (non-hydrogen) atoms. The molecular weight excluding hydrogens is 516 g/mol. The van der Waals surface area contributed by atoms with Gasteiger partial charge in [-0.1, -0.05) is 11.6 Å². The normalized spacial score (nSPS) is 23.5. The van der Waals surface area contributed by atoms with E-state index in [0.717, 1.165) is 63.1 Å².